The number of ether oxygens (including phenoxy) is 1. The Kier molecular flexibility index (Phi) is 41.1. The molecule has 0 bridgehead atoms. The van der Waals surface area contributed by atoms with Crippen molar-refractivity contribution in [3.05, 3.63) is 36.1 Å². The molecule has 0 aromatic rings. The summed E-state index contributed by atoms with van der Waals surface area (Å²) in [5.41, 5.74) is 12.3. The molecule has 1 rings (SSSR count). The van der Waals surface area contributed by atoms with Gasteiger partial charge in [-0.15, -0.1) is 6.58 Å². The molecule has 0 aromatic carbocycles. The molecule has 194 valence electrons. The molecular formula is C27H58N2O3. The third kappa shape index (κ3) is 33.5. The second kappa shape index (κ2) is 34.5. The molecule has 32 heavy (non-hydrogen) atoms. The van der Waals surface area contributed by atoms with Crippen LogP contribution in [0.15, 0.2) is 36.1 Å². The maximum absolute atomic E-state index is 8.65. The van der Waals surface area contributed by atoms with Crippen LogP contribution in [-0.4, -0.2) is 43.6 Å². The van der Waals surface area contributed by atoms with E-state index in [0.717, 1.165) is 38.1 Å². The zero-order valence-corrected chi connectivity index (χ0v) is 22.5. The van der Waals surface area contributed by atoms with E-state index in [1.165, 1.54) is 32.1 Å². The largest absolute Gasteiger partial charge is 0.502 e. The van der Waals surface area contributed by atoms with Gasteiger partial charge in [-0.25, -0.2) is 0 Å². The van der Waals surface area contributed by atoms with E-state index in [0.29, 0.717) is 18.4 Å². The molecule has 0 heterocycles. The van der Waals surface area contributed by atoms with Crippen molar-refractivity contribution in [1.29, 1.82) is 0 Å². The molecule has 5 nitrogen and oxygen atoms in total. The summed E-state index contributed by atoms with van der Waals surface area (Å²) >= 11 is 0. The van der Waals surface area contributed by atoms with Crippen molar-refractivity contribution in [2.45, 2.75) is 92.9 Å². The van der Waals surface area contributed by atoms with Crippen molar-refractivity contribution >= 4 is 0 Å². The maximum atomic E-state index is 8.65. The number of nitrogens with two attached hydrogens (primary N) is 2. The first-order chi connectivity index (χ1) is 15.4. The van der Waals surface area contributed by atoms with Gasteiger partial charge in [0.2, 0.25) is 0 Å². The lowest BCUT2D eigenvalue weighted by atomic mass is 10.0. The van der Waals surface area contributed by atoms with Crippen molar-refractivity contribution in [1.82, 2.24) is 0 Å². The van der Waals surface area contributed by atoms with E-state index in [1.54, 1.807) is 18.8 Å². The smallest absolute Gasteiger partial charge is 0.0884 e. The zero-order valence-electron chi connectivity index (χ0n) is 22.5. The van der Waals surface area contributed by atoms with Gasteiger partial charge in [-0.1, -0.05) is 52.3 Å². The van der Waals surface area contributed by atoms with Crippen LogP contribution in [-0.2, 0) is 4.74 Å². The summed E-state index contributed by atoms with van der Waals surface area (Å²) < 4.78 is 4.92. The lowest BCUT2D eigenvalue weighted by Crippen LogP contribution is -2.11. The number of rotatable bonds is 10. The van der Waals surface area contributed by atoms with Gasteiger partial charge in [0.25, 0.3) is 0 Å². The second-order valence-electron chi connectivity index (χ2n) is 7.57. The Morgan fingerprint density at radius 2 is 1.69 bits per heavy atom. The summed E-state index contributed by atoms with van der Waals surface area (Å²) in [6.45, 7) is 17.6. The van der Waals surface area contributed by atoms with Crippen molar-refractivity contribution in [3.63, 3.8) is 0 Å². The van der Waals surface area contributed by atoms with Gasteiger partial charge in [-0.3, -0.25) is 0 Å². The molecule has 0 amide bonds. The number of hydrogen-bond acceptors (Lipinski definition) is 5. The lowest BCUT2D eigenvalue weighted by molar-refractivity contribution is 0.236. The minimum atomic E-state index is 0.244. The van der Waals surface area contributed by atoms with E-state index in [1.807, 2.05) is 40.7 Å². The van der Waals surface area contributed by atoms with Crippen LogP contribution in [0.3, 0.4) is 0 Å². The summed E-state index contributed by atoms with van der Waals surface area (Å²) in [4.78, 5) is 0. The van der Waals surface area contributed by atoms with E-state index in [2.05, 4.69) is 19.6 Å². The third-order valence-corrected chi connectivity index (χ3v) is 4.58. The monoisotopic (exact) mass is 458 g/mol. The van der Waals surface area contributed by atoms with Crippen LogP contribution in [0.25, 0.3) is 0 Å². The summed E-state index contributed by atoms with van der Waals surface area (Å²) in [6, 6.07) is 0. The first-order valence-electron chi connectivity index (χ1n) is 12.5. The Morgan fingerprint density at radius 1 is 1.16 bits per heavy atom. The molecule has 0 saturated heterocycles. The van der Waals surface area contributed by atoms with Crippen LogP contribution >= 0.6 is 0 Å². The SMILES string of the molecule is C=CCCN.CC.CCC(C=C1CCCC1)CN.CCCO.CO/C(C)=C/CC(C)CO. The van der Waals surface area contributed by atoms with Crippen molar-refractivity contribution in [2.24, 2.45) is 23.3 Å². The first kappa shape index (κ1) is 38.1. The molecule has 5 heteroatoms. The predicted octanol–water partition coefficient (Wildman–Crippen LogP) is 5.96. The van der Waals surface area contributed by atoms with Crippen molar-refractivity contribution < 1.29 is 14.9 Å². The number of methoxy groups -OCH3 is 1. The fourth-order valence-electron chi connectivity index (χ4n) is 2.32. The van der Waals surface area contributed by atoms with Crippen LogP contribution in [0.1, 0.15) is 92.9 Å². The number of allylic oxidation sites excluding steroid dienone is 3. The minimum Gasteiger partial charge on any atom is -0.502 e. The van der Waals surface area contributed by atoms with E-state index >= 15 is 0 Å². The van der Waals surface area contributed by atoms with Gasteiger partial charge >= 0.3 is 0 Å². The predicted molar refractivity (Wildman–Crippen MR) is 144 cm³/mol. The van der Waals surface area contributed by atoms with Crippen LogP contribution in [0.4, 0.5) is 0 Å². The molecular weight excluding hydrogens is 400 g/mol. The van der Waals surface area contributed by atoms with Crippen molar-refractivity contribution in [3.8, 4) is 0 Å². The van der Waals surface area contributed by atoms with E-state index in [4.69, 9.17) is 26.4 Å². The Labute approximate surface area is 201 Å². The molecule has 0 spiro atoms. The Bertz CT molecular complexity index is 396. The van der Waals surface area contributed by atoms with Gasteiger partial charge in [0.1, 0.15) is 0 Å². The van der Waals surface area contributed by atoms with Crippen LogP contribution in [0, 0.1) is 11.8 Å². The molecule has 1 fully saturated rings. The van der Waals surface area contributed by atoms with Crippen LogP contribution in [0.5, 0.6) is 0 Å². The molecule has 0 aromatic heterocycles. The van der Waals surface area contributed by atoms with Gasteiger partial charge in [0.05, 0.1) is 12.9 Å². The Morgan fingerprint density at radius 3 is 1.97 bits per heavy atom. The van der Waals surface area contributed by atoms with Gasteiger partial charge in [-0.05, 0) is 89.3 Å². The summed E-state index contributed by atoms with van der Waals surface area (Å²) in [5, 5.41) is 16.5. The van der Waals surface area contributed by atoms with E-state index in [9.17, 15) is 0 Å². The van der Waals surface area contributed by atoms with Crippen molar-refractivity contribution in [2.75, 3.05) is 33.4 Å². The maximum Gasteiger partial charge on any atom is 0.0884 e. The molecule has 1 aliphatic carbocycles. The molecule has 1 aliphatic rings. The van der Waals surface area contributed by atoms with Crippen LogP contribution < -0.4 is 11.5 Å². The van der Waals surface area contributed by atoms with Gasteiger partial charge in [0, 0.05) is 13.2 Å². The van der Waals surface area contributed by atoms with Gasteiger partial charge < -0.3 is 26.4 Å². The quantitative estimate of drug-likeness (QED) is 0.239. The lowest BCUT2D eigenvalue weighted by Gasteiger charge is -2.07. The summed E-state index contributed by atoms with van der Waals surface area (Å²) in [6.07, 6.45) is 15.5. The highest BCUT2D eigenvalue weighted by Gasteiger charge is 2.08. The van der Waals surface area contributed by atoms with Gasteiger partial charge in [-0.2, -0.15) is 0 Å². The Hall–Kier alpha value is -1.14. The normalized spacial score (nSPS) is 14.0. The molecule has 0 radical (unpaired) electrons. The minimum absolute atomic E-state index is 0.244. The zero-order chi connectivity index (χ0) is 25.6. The first-order valence-corrected chi connectivity index (χ1v) is 12.5. The standard InChI is InChI=1S/C10H19N.C8H16O2.C4H9N.C3H8O.C2H6/c1-2-9(8-11)7-10-5-3-4-6-10;1-7(6-9)4-5-8(2)10-3;1-2-3-4-5;1-2-3-4;1-2/h7,9H,2-6,8,11H2,1H3;5,7,9H,4,6H2,1-3H3;2H,1,3-5H2;4H,2-3H2,1H3;1-2H3/b;8-5+;;;. The van der Waals surface area contributed by atoms with E-state index in [-0.39, 0.29) is 6.61 Å². The fraction of sp³-hybridized carbons (Fsp3) is 0.778. The molecule has 0 aliphatic heterocycles. The molecule has 1 saturated carbocycles. The topological polar surface area (TPSA) is 102 Å². The highest BCUT2D eigenvalue weighted by atomic mass is 16.5. The van der Waals surface area contributed by atoms with Gasteiger partial charge in [0.15, 0.2) is 0 Å². The second-order valence-corrected chi connectivity index (χ2v) is 7.57. The number of hydrogen-bond donors (Lipinski definition) is 4. The highest BCUT2D eigenvalue weighted by molar-refractivity contribution is 5.08. The number of aliphatic hydroxyl groups excluding tert-OH is 2. The highest BCUT2D eigenvalue weighted by Crippen LogP contribution is 2.25. The van der Waals surface area contributed by atoms with Crippen LogP contribution in [0.2, 0.25) is 0 Å². The Balaban J connectivity index is -0.000000171. The fourth-order valence-corrected chi connectivity index (χ4v) is 2.32. The average molecular weight is 459 g/mol. The summed E-state index contributed by atoms with van der Waals surface area (Å²) in [5.74, 6) is 1.90. The van der Waals surface area contributed by atoms with E-state index < -0.39 is 0 Å². The molecule has 2 unspecified atom stereocenters. The molecule has 6 N–H and O–H groups in total. The average Bonchev–Trinajstić information content (AvgIpc) is 3.36. The molecule has 2 atom stereocenters. The third-order valence-electron chi connectivity index (χ3n) is 4.58. The summed E-state index contributed by atoms with van der Waals surface area (Å²) in [7, 11) is 1.65. The number of aliphatic hydroxyl groups is 2.